The summed E-state index contributed by atoms with van der Waals surface area (Å²) in [6.07, 6.45) is 5.23. The SMILES string of the molecule is O=C(CCc1ccc(F)cc1)C1CC2CCCC(C1)N2C(=O)OCc1ccccc1. The number of carbonyl (C=O) groups is 2. The van der Waals surface area contributed by atoms with Crippen LogP contribution in [0, 0.1) is 11.7 Å². The Labute approximate surface area is 177 Å². The number of nitrogens with zero attached hydrogens (tertiary/aromatic N) is 1. The first kappa shape index (κ1) is 20.6. The van der Waals surface area contributed by atoms with Crippen LogP contribution in [0.4, 0.5) is 9.18 Å². The molecule has 0 N–H and O–H groups in total. The minimum atomic E-state index is -0.260. The van der Waals surface area contributed by atoms with Crippen LogP contribution in [0.3, 0.4) is 0 Å². The second-order valence-corrected chi connectivity index (χ2v) is 8.45. The Morgan fingerprint density at radius 2 is 1.60 bits per heavy atom. The summed E-state index contributed by atoms with van der Waals surface area (Å²) < 4.78 is 18.6. The highest BCUT2D eigenvalue weighted by atomic mass is 19.1. The third-order valence-electron chi connectivity index (χ3n) is 6.42. The molecule has 2 aromatic rings. The zero-order chi connectivity index (χ0) is 20.9. The lowest BCUT2D eigenvalue weighted by molar-refractivity contribution is -0.126. The van der Waals surface area contributed by atoms with Gasteiger partial charge in [-0.15, -0.1) is 0 Å². The van der Waals surface area contributed by atoms with Crippen molar-refractivity contribution in [1.29, 1.82) is 0 Å². The fourth-order valence-corrected chi connectivity index (χ4v) is 4.86. The predicted octanol–water partition coefficient (Wildman–Crippen LogP) is 5.30. The smallest absolute Gasteiger partial charge is 0.410 e. The van der Waals surface area contributed by atoms with Crippen LogP contribution in [0.1, 0.15) is 49.7 Å². The Hall–Kier alpha value is -2.69. The second kappa shape index (κ2) is 9.41. The molecule has 0 spiro atoms. The molecule has 0 radical (unpaired) electrons. The molecule has 158 valence electrons. The maximum Gasteiger partial charge on any atom is 0.410 e. The molecule has 2 aliphatic heterocycles. The topological polar surface area (TPSA) is 46.6 Å². The standard InChI is InChI=1S/C25H28FNO3/c26-21-12-9-18(10-13-21)11-14-24(28)20-15-22-7-4-8-23(16-20)27(22)25(29)30-17-19-5-2-1-3-6-19/h1-3,5-6,9-10,12-13,20,22-23H,4,7-8,11,14-17H2. The van der Waals surface area contributed by atoms with Gasteiger partial charge in [-0.1, -0.05) is 42.5 Å². The van der Waals surface area contributed by atoms with Crippen LogP contribution >= 0.6 is 0 Å². The summed E-state index contributed by atoms with van der Waals surface area (Å²) in [7, 11) is 0. The van der Waals surface area contributed by atoms with Crippen molar-refractivity contribution >= 4 is 11.9 Å². The summed E-state index contributed by atoms with van der Waals surface area (Å²) in [5.74, 6) is -0.00289. The molecule has 2 heterocycles. The van der Waals surface area contributed by atoms with Gasteiger partial charge in [-0.05, 0) is 61.8 Å². The lowest BCUT2D eigenvalue weighted by Gasteiger charge is -2.47. The molecule has 5 heteroatoms. The molecule has 4 nitrogen and oxygen atoms in total. The Balaban J connectivity index is 1.32. The number of hydrogen-bond donors (Lipinski definition) is 0. The van der Waals surface area contributed by atoms with Crippen molar-refractivity contribution in [2.75, 3.05) is 0 Å². The van der Waals surface area contributed by atoms with Gasteiger partial charge < -0.3 is 9.64 Å². The largest absolute Gasteiger partial charge is 0.445 e. The molecular weight excluding hydrogens is 381 g/mol. The number of amides is 1. The van der Waals surface area contributed by atoms with Crippen molar-refractivity contribution < 1.29 is 18.7 Å². The van der Waals surface area contributed by atoms with Crippen LogP contribution in [-0.2, 0) is 22.6 Å². The van der Waals surface area contributed by atoms with E-state index in [0.29, 0.717) is 12.8 Å². The van der Waals surface area contributed by atoms with E-state index in [9.17, 15) is 14.0 Å². The summed E-state index contributed by atoms with van der Waals surface area (Å²) in [4.78, 5) is 27.5. The van der Waals surface area contributed by atoms with Crippen LogP contribution in [0.5, 0.6) is 0 Å². The highest BCUT2D eigenvalue weighted by Crippen LogP contribution is 2.38. The lowest BCUT2D eigenvalue weighted by atomic mass is 9.76. The van der Waals surface area contributed by atoms with Crippen molar-refractivity contribution in [1.82, 2.24) is 4.90 Å². The number of carbonyl (C=O) groups excluding carboxylic acids is 2. The van der Waals surface area contributed by atoms with E-state index in [4.69, 9.17) is 4.74 Å². The molecule has 0 aliphatic carbocycles. The Morgan fingerprint density at radius 1 is 0.933 bits per heavy atom. The van der Waals surface area contributed by atoms with Crippen molar-refractivity contribution in [3.8, 4) is 0 Å². The third-order valence-corrected chi connectivity index (χ3v) is 6.42. The Bertz CT molecular complexity index is 854. The molecule has 30 heavy (non-hydrogen) atoms. The van der Waals surface area contributed by atoms with Gasteiger partial charge in [-0.2, -0.15) is 0 Å². The van der Waals surface area contributed by atoms with Gasteiger partial charge >= 0.3 is 6.09 Å². The normalized spacial score (nSPS) is 23.1. The fourth-order valence-electron chi connectivity index (χ4n) is 4.86. The quantitative estimate of drug-likeness (QED) is 0.651. The van der Waals surface area contributed by atoms with Gasteiger partial charge in [0.25, 0.3) is 0 Å². The molecule has 2 unspecified atom stereocenters. The molecule has 1 amide bonds. The maximum atomic E-state index is 13.1. The van der Waals surface area contributed by atoms with Crippen LogP contribution in [0.25, 0.3) is 0 Å². The van der Waals surface area contributed by atoms with Crippen molar-refractivity contribution in [2.24, 2.45) is 5.92 Å². The van der Waals surface area contributed by atoms with E-state index in [1.807, 2.05) is 35.2 Å². The van der Waals surface area contributed by atoms with Crippen molar-refractivity contribution in [3.05, 3.63) is 71.5 Å². The molecule has 2 aromatic carbocycles. The van der Waals surface area contributed by atoms with Gasteiger partial charge in [-0.3, -0.25) is 4.79 Å². The Morgan fingerprint density at radius 3 is 2.27 bits per heavy atom. The molecule has 4 rings (SSSR count). The zero-order valence-electron chi connectivity index (χ0n) is 17.1. The average Bonchev–Trinajstić information content (AvgIpc) is 2.76. The summed E-state index contributed by atoms with van der Waals surface area (Å²) in [5.41, 5.74) is 1.95. The number of fused-ring (bicyclic) bond motifs is 2. The van der Waals surface area contributed by atoms with Gasteiger partial charge in [0, 0.05) is 24.4 Å². The van der Waals surface area contributed by atoms with Crippen LogP contribution in [-0.4, -0.2) is 28.9 Å². The van der Waals surface area contributed by atoms with E-state index in [1.165, 1.54) is 12.1 Å². The molecule has 2 atom stereocenters. The first-order valence-electron chi connectivity index (χ1n) is 10.9. The summed E-state index contributed by atoms with van der Waals surface area (Å²) >= 11 is 0. The van der Waals surface area contributed by atoms with Crippen molar-refractivity contribution in [3.63, 3.8) is 0 Å². The average molecular weight is 410 g/mol. The number of ether oxygens (including phenoxy) is 1. The number of halogens is 1. The number of piperidine rings is 2. The summed E-state index contributed by atoms with van der Waals surface area (Å²) in [6, 6.07) is 16.2. The number of benzene rings is 2. The highest BCUT2D eigenvalue weighted by Gasteiger charge is 2.43. The van der Waals surface area contributed by atoms with E-state index in [0.717, 1.165) is 43.2 Å². The lowest BCUT2D eigenvalue weighted by Crippen LogP contribution is -2.55. The third kappa shape index (κ3) is 4.89. The molecule has 0 aromatic heterocycles. The number of rotatable bonds is 6. The molecule has 2 fully saturated rings. The van der Waals surface area contributed by atoms with Gasteiger partial charge in [0.15, 0.2) is 0 Å². The first-order chi connectivity index (χ1) is 14.6. The molecular formula is C25H28FNO3. The number of aryl methyl sites for hydroxylation is 1. The zero-order valence-corrected chi connectivity index (χ0v) is 17.1. The highest BCUT2D eigenvalue weighted by molar-refractivity contribution is 5.82. The Kier molecular flexibility index (Phi) is 6.46. The van der Waals surface area contributed by atoms with Crippen LogP contribution in [0.2, 0.25) is 0 Å². The number of hydrogen-bond acceptors (Lipinski definition) is 3. The van der Waals surface area contributed by atoms with E-state index < -0.39 is 0 Å². The first-order valence-corrected chi connectivity index (χ1v) is 10.9. The minimum Gasteiger partial charge on any atom is -0.445 e. The fraction of sp³-hybridized carbons (Fsp3) is 0.440. The molecule has 0 saturated carbocycles. The van der Waals surface area contributed by atoms with Crippen LogP contribution < -0.4 is 0 Å². The van der Waals surface area contributed by atoms with Gasteiger partial charge in [-0.25, -0.2) is 9.18 Å². The van der Waals surface area contributed by atoms with E-state index in [-0.39, 0.29) is 42.3 Å². The maximum absolute atomic E-state index is 13.1. The van der Waals surface area contributed by atoms with E-state index in [2.05, 4.69) is 0 Å². The van der Waals surface area contributed by atoms with Crippen LogP contribution in [0.15, 0.2) is 54.6 Å². The van der Waals surface area contributed by atoms with E-state index >= 15 is 0 Å². The molecule has 2 aliphatic rings. The van der Waals surface area contributed by atoms with E-state index in [1.54, 1.807) is 12.1 Å². The monoisotopic (exact) mass is 409 g/mol. The van der Waals surface area contributed by atoms with Gasteiger partial charge in [0.05, 0.1) is 0 Å². The number of Topliss-reactive ketones (excluding diaryl/α,β-unsaturated/α-hetero) is 1. The minimum absolute atomic E-state index is 0.000998. The number of ketones is 1. The molecule has 2 saturated heterocycles. The summed E-state index contributed by atoms with van der Waals surface area (Å²) in [6.45, 7) is 0.273. The summed E-state index contributed by atoms with van der Waals surface area (Å²) in [5, 5.41) is 0. The van der Waals surface area contributed by atoms with Gasteiger partial charge in [0.1, 0.15) is 18.2 Å². The second-order valence-electron chi connectivity index (χ2n) is 8.45. The predicted molar refractivity (Wildman–Crippen MR) is 112 cm³/mol. The van der Waals surface area contributed by atoms with Gasteiger partial charge in [0.2, 0.25) is 0 Å². The van der Waals surface area contributed by atoms with Crippen molar-refractivity contribution in [2.45, 2.75) is 63.6 Å². The molecule has 2 bridgehead atoms.